The van der Waals surface area contributed by atoms with E-state index in [9.17, 15) is 9.59 Å². The number of carboxylic acid groups (broad SMARTS) is 1. The average Bonchev–Trinajstić information content (AvgIpc) is 3.01. The third-order valence-corrected chi connectivity index (χ3v) is 4.51. The first-order chi connectivity index (χ1) is 13.1. The Labute approximate surface area is 158 Å². The Balaban J connectivity index is 1.52. The SMILES string of the molecule is O=C(O)COc1cccc(CCCN2C(=O)OCC2Cc2ccccc2)c1. The summed E-state index contributed by atoms with van der Waals surface area (Å²) in [5.74, 6) is -0.463. The van der Waals surface area contributed by atoms with Crippen molar-refractivity contribution in [3.05, 3.63) is 65.7 Å². The Bertz CT molecular complexity index is 777. The third kappa shape index (κ3) is 5.48. The number of carboxylic acids is 1. The number of aliphatic carboxylic acids is 1. The molecule has 1 amide bonds. The van der Waals surface area contributed by atoms with Gasteiger partial charge in [-0.15, -0.1) is 0 Å². The Morgan fingerprint density at radius 1 is 1.15 bits per heavy atom. The molecule has 1 saturated heterocycles. The van der Waals surface area contributed by atoms with E-state index in [0.717, 1.165) is 24.8 Å². The smallest absolute Gasteiger partial charge is 0.410 e. The highest BCUT2D eigenvalue weighted by atomic mass is 16.6. The van der Waals surface area contributed by atoms with E-state index in [1.807, 2.05) is 36.4 Å². The molecule has 1 N–H and O–H groups in total. The summed E-state index contributed by atoms with van der Waals surface area (Å²) in [5.41, 5.74) is 2.24. The summed E-state index contributed by atoms with van der Waals surface area (Å²) in [5, 5.41) is 8.69. The van der Waals surface area contributed by atoms with Crippen molar-refractivity contribution < 1.29 is 24.2 Å². The minimum Gasteiger partial charge on any atom is -0.482 e. The number of nitrogens with zero attached hydrogens (tertiary/aromatic N) is 1. The van der Waals surface area contributed by atoms with Crippen LogP contribution in [-0.2, 0) is 22.4 Å². The zero-order valence-corrected chi connectivity index (χ0v) is 15.0. The quantitative estimate of drug-likeness (QED) is 0.735. The molecule has 142 valence electrons. The van der Waals surface area contributed by atoms with Gasteiger partial charge in [-0.3, -0.25) is 0 Å². The van der Waals surface area contributed by atoms with Gasteiger partial charge >= 0.3 is 12.1 Å². The van der Waals surface area contributed by atoms with Crippen LogP contribution in [0.5, 0.6) is 5.75 Å². The lowest BCUT2D eigenvalue weighted by Gasteiger charge is -2.21. The molecule has 1 atom stereocenters. The maximum atomic E-state index is 12.0. The summed E-state index contributed by atoms with van der Waals surface area (Å²) >= 11 is 0. The molecule has 27 heavy (non-hydrogen) atoms. The third-order valence-electron chi connectivity index (χ3n) is 4.51. The summed E-state index contributed by atoms with van der Waals surface area (Å²) in [6.07, 6.45) is 2.09. The van der Waals surface area contributed by atoms with E-state index in [-0.39, 0.29) is 18.7 Å². The van der Waals surface area contributed by atoms with Crippen molar-refractivity contribution in [3.8, 4) is 5.75 Å². The minimum atomic E-state index is -1.00. The molecule has 1 heterocycles. The average molecular weight is 369 g/mol. The minimum absolute atomic E-state index is 0.0603. The van der Waals surface area contributed by atoms with Gasteiger partial charge in [0.05, 0.1) is 6.04 Å². The van der Waals surface area contributed by atoms with E-state index in [1.54, 1.807) is 11.0 Å². The number of aryl methyl sites for hydroxylation is 1. The van der Waals surface area contributed by atoms with E-state index < -0.39 is 5.97 Å². The van der Waals surface area contributed by atoms with Crippen LogP contribution in [0.3, 0.4) is 0 Å². The summed E-state index contributed by atoms with van der Waals surface area (Å²) in [4.78, 5) is 24.4. The second-order valence-electron chi connectivity index (χ2n) is 6.55. The van der Waals surface area contributed by atoms with E-state index in [2.05, 4.69) is 12.1 Å². The molecule has 0 bridgehead atoms. The molecule has 0 spiro atoms. The van der Waals surface area contributed by atoms with Gasteiger partial charge in [0, 0.05) is 6.54 Å². The van der Waals surface area contributed by atoms with Crippen molar-refractivity contribution in [2.45, 2.75) is 25.3 Å². The predicted molar refractivity (Wildman–Crippen MR) is 99.9 cm³/mol. The number of amides is 1. The Kier molecular flexibility index (Phi) is 6.30. The second kappa shape index (κ2) is 9.07. The van der Waals surface area contributed by atoms with Gasteiger partial charge < -0.3 is 19.5 Å². The molecule has 0 radical (unpaired) electrons. The van der Waals surface area contributed by atoms with Crippen LogP contribution in [0.25, 0.3) is 0 Å². The first-order valence-electron chi connectivity index (χ1n) is 9.02. The van der Waals surface area contributed by atoms with Gasteiger partial charge in [0.25, 0.3) is 0 Å². The monoisotopic (exact) mass is 369 g/mol. The van der Waals surface area contributed by atoms with Crippen LogP contribution >= 0.6 is 0 Å². The van der Waals surface area contributed by atoms with Crippen molar-refractivity contribution >= 4 is 12.1 Å². The number of benzene rings is 2. The van der Waals surface area contributed by atoms with Gasteiger partial charge in [0.2, 0.25) is 0 Å². The molecule has 2 aromatic rings. The molecule has 2 aromatic carbocycles. The lowest BCUT2D eigenvalue weighted by atomic mass is 10.1. The van der Waals surface area contributed by atoms with Crippen LogP contribution in [0.2, 0.25) is 0 Å². The zero-order chi connectivity index (χ0) is 19.1. The number of ether oxygens (including phenoxy) is 2. The topological polar surface area (TPSA) is 76.1 Å². The molecule has 0 aromatic heterocycles. The van der Waals surface area contributed by atoms with Crippen LogP contribution < -0.4 is 4.74 Å². The number of cyclic esters (lactones) is 1. The summed E-state index contributed by atoms with van der Waals surface area (Å²) in [6.45, 7) is 0.688. The highest BCUT2D eigenvalue weighted by Gasteiger charge is 2.32. The van der Waals surface area contributed by atoms with Crippen LogP contribution in [0, 0.1) is 0 Å². The second-order valence-corrected chi connectivity index (χ2v) is 6.55. The maximum absolute atomic E-state index is 12.0. The zero-order valence-electron chi connectivity index (χ0n) is 15.0. The van der Waals surface area contributed by atoms with Crippen LogP contribution in [0.1, 0.15) is 17.5 Å². The Hall–Kier alpha value is -3.02. The molecule has 3 rings (SSSR count). The van der Waals surface area contributed by atoms with Crippen LogP contribution in [-0.4, -0.2) is 47.9 Å². The van der Waals surface area contributed by atoms with E-state index in [4.69, 9.17) is 14.6 Å². The number of carbonyl (C=O) groups excluding carboxylic acids is 1. The van der Waals surface area contributed by atoms with Crippen molar-refractivity contribution in [1.82, 2.24) is 4.90 Å². The molecular formula is C21H23NO5. The summed E-state index contributed by atoms with van der Waals surface area (Å²) in [7, 11) is 0. The number of hydrogen-bond acceptors (Lipinski definition) is 4. The lowest BCUT2D eigenvalue weighted by Crippen LogP contribution is -2.36. The fourth-order valence-corrected chi connectivity index (χ4v) is 3.21. The molecule has 1 fully saturated rings. The standard InChI is InChI=1S/C21H23NO5/c23-20(24)15-26-19-10-4-8-17(13-19)9-5-11-22-18(14-27-21(22)25)12-16-6-2-1-3-7-16/h1-4,6-8,10,13,18H,5,9,11-12,14-15H2,(H,23,24). The molecule has 1 aliphatic heterocycles. The lowest BCUT2D eigenvalue weighted by molar-refractivity contribution is -0.139. The van der Waals surface area contributed by atoms with Gasteiger partial charge in [-0.2, -0.15) is 0 Å². The fourth-order valence-electron chi connectivity index (χ4n) is 3.21. The Morgan fingerprint density at radius 3 is 2.70 bits per heavy atom. The molecular weight excluding hydrogens is 346 g/mol. The van der Waals surface area contributed by atoms with Gasteiger partial charge in [-0.05, 0) is 42.5 Å². The largest absolute Gasteiger partial charge is 0.482 e. The summed E-state index contributed by atoms with van der Waals surface area (Å²) in [6, 6.07) is 17.5. The van der Waals surface area contributed by atoms with Crippen molar-refractivity contribution in [2.75, 3.05) is 19.8 Å². The van der Waals surface area contributed by atoms with Crippen molar-refractivity contribution in [3.63, 3.8) is 0 Å². The van der Waals surface area contributed by atoms with Crippen molar-refractivity contribution in [2.24, 2.45) is 0 Å². The molecule has 0 aliphatic carbocycles. The predicted octanol–water partition coefficient (Wildman–Crippen LogP) is 3.15. The van der Waals surface area contributed by atoms with E-state index in [1.165, 1.54) is 5.56 Å². The first-order valence-corrected chi connectivity index (χ1v) is 9.02. The molecule has 0 saturated carbocycles. The highest BCUT2D eigenvalue weighted by Crippen LogP contribution is 2.19. The number of hydrogen-bond donors (Lipinski definition) is 1. The first kappa shape index (κ1) is 18.8. The maximum Gasteiger partial charge on any atom is 0.410 e. The van der Waals surface area contributed by atoms with Crippen molar-refractivity contribution in [1.29, 1.82) is 0 Å². The van der Waals surface area contributed by atoms with Crippen LogP contribution in [0.15, 0.2) is 54.6 Å². The van der Waals surface area contributed by atoms with Gasteiger partial charge in [0.1, 0.15) is 12.4 Å². The molecule has 6 heteroatoms. The molecule has 6 nitrogen and oxygen atoms in total. The van der Waals surface area contributed by atoms with E-state index in [0.29, 0.717) is 18.9 Å². The molecule has 1 aliphatic rings. The highest BCUT2D eigenvalue weighted by molar-refractivity contribution is 5.70. The normalized spacial score (nSPS) is 16.2. The van der Waals surface area contributed by atoms with E-state index >= 15 is 0 Å². The number of carbonyl (C=O) groups is 2. The van der Waals surface area contributed by atoms with Gasteiger partial charge in [-0.1, -0.05) is 42.5 Å². The fraction of sp³-hybridized carbons (Fsp3) is 0.333. The number of rotatable bonds is 9. The van der Waals surface area contributed by atoms with Gasteiger partial charge in [0.15, 0.2) is 6.61 Å². The van der Waals surface area contributed by atoms with Crippen LogP contribution in [0.4, 0.5) is 4.79 Å². The molecule has 1 unspecified atom stereocenters. The Morgan fingerprint density at radius 2 is 1.93 bits per heavy atom. The summed E-state index contributed by atoms with van der Waals surface area (Å²) < 4.78 is 10.4. The van der Waals surface area contributed by atoms with Gasteiger partial charge in [-0.25, -0.2) is 9.59 Å².